The Labute approximate surface area is 204 Å². The van der Waals surface area contributed by atoms with E-state index in [0.717, 1.165) is 27.8 Å². The van der Waals surface area contributed by atoms with Crippen molar-refractivity contribution in [2.75, 3.05) is 11.9 Å². The van der Waals surface area contributed by atoms with E-state index in [1.54, 1.807) is 32.9 Å². The monoisotopic (exact) mass is 472 g/mol. The highest BCUT2D eigenvalue weighted by Gasteiger charge is 2.30. The van der Waals surface area contributed by atoms with Crippen molar-refractivity contribution in [1.29, 1.82) is 0 Å². The quantitative estimate of drug-likeness (QED) is 0.439. The fourth-order valence-corrected chi connectivity index (χ4v) is 4.37. The van der Waals surface area contributed by atoms with Gasteiger partial charge in [-0.1, -0.05) is 67.1 Å². The smallest absolute Gasteiger partial charge is 0.407 e. The Hall–Kier alpha value is -4.13. The molecule has 3 aromatic carbocycles. The highest BCUT2D eigenvalue weighted by molar-refractivity contribution is 6.01. The van der Waals surface area contributed by atoms with Crippen LogP contribution in [-0.2, 0) is 9.53 Å². The number of carbonyl (C=O) groups excluding carboxylic acids is 2. The molecule has 3 N–H and O–H groups in total. The number of nitrogens with one attached hydrogen (secondary N) is 2. The summed E-state index contributed by atoms with van der Waals surface area (Å²) in [5, 5.41) is 14.8. The van der Waals surface area contributed by atoms with Crippen LogP contribution in [0.5, 0.6) is 0 Å². The summed E-state index contributed by atoms with van der Waals surface area (Å²) in [5.41, 5.74) is 5.54. The van der Waals surface area contributed by atoms with Gasteiger partial charge in [-0.25, -0.2) is 9.59 Å². The van der Waals surface area contributed by atoms with Crippen molar-refractivity contribution in [3.05, 3.63) is 89.0 Å². The molecule has 2 amide bonds. The first-order valence-corrected chi connectivity index (χ1v) is 11.5. The van der Waals surface area contributed by atoms with Crippen LogP contribution in [0.4, 0.5) is 10.5 Å². The zero-order valence-electron chi connectivity index (χ0n) is 19.9. The Balaban J connectivity index is 1.36. The second-order valence-electron chi connectivity index (χ2n) is 8.89. The fraction of sp³-hybridized carbons (Fsp3) is 0.250. The van der Waals surface area contributed by atoms with Gasteiger partial charge in [0.1, 0.15) is 6.61 Å². The van der Waals surface area contributed by atoms with Gasteiger partial charge in [0, 0.05) is 12.0 Å². The average molecular weight is 473 g/mol. The minimum atomic E-state index is -1.12. The Morgan fingerprint density at radius 3 is 2.14 bits per heavy atom. The predicted molar refractivity (Wildman–Crippen MR) is 134 cm³/mol. The lowest BCUT2D eigenvalue weighted by Crippen LogP contribution is -2.42. The molecule has 4 rings (SSSR count). The van der Waals surface area contributed by atoms with Crippen LogP contribution in [-0.4, -0.2) is 35.7 Å². The number of carboxylic acid groups (broad SMARTS) is 1. The van der Waals surface area contributed by atoms with Gasteiger partial charge in [-0.3, -0.25) is 4.79 Å². The predicted octanol–water partition coefficient (Wildman–Crippen LogP) is 5.20. The molecule has 1 aliphatic rings. The van der Waals surface area contributed by atoms with E-state index >= 15 is 0 Å². The molecular formula is C28H28N2O5. The van der Waals surface area contributed by atoms with Crippen LogP contribution in [0.25, 0.3) is 11.1 Å². The molecule has 7 nitrogen and oxygen atoms in total. The number of hydrogen-bond donors (Lipinski definition) is 3. The number of benzene rings is 3. The summed E-state index contributed by atoms with van der Waals surface area (Å²) in [6.45, 7) is 5.33. The van der Waals surface area contributed by atoms with Crippen molar-refractivity contribution in [3.63, 3.8) is 0 Å². The molecular weight excluding hydrogens is 444 g/mol. The number of fused-ring (bicyclic) bond motifs is 3. The first-order chi connectivity index (χ1) is 16.8. The standard InChI is InChI=1S/C28H28N2O5/c1-16-12-13-25(23(14-16)27(32)33)30-26(31)17(2)18(3)29-28(34)35-15-24-21-10-6-4-8-19(21)20-9-5-7-11-22(20)24/h4-14,17-18,24H,15H2,1-3H3,(H,29,34)(H,30,31)(H,32,33). The van der Waals surface area contributed by atoms with Crippen molar-refractivity contribution in [2.45, 2.75) is 32.7 Å². The van der Waals surface area contributed by atoms with Crippen molar-refractivity contribution in [3.8, 4) is 11.1 Å². The van der Waals surface area contributed by atoms with Crippen LogP contribution in [0.15, 0.2) is 66.7 Å². The molecule has 0 saturated heterocycles. The van der Waals surface area contributed by atoms with Gasteiger partial charge in [-0.15, -0.1) is 0 Å². The topological polar surface area (TPSA) is 105 Å². The van der Waals surface area contributed by atoms with E-state index in [1.165, 1.54) is 6.07 Å². The molecule has 7 heteroatoms. The summed E-state index contributed by atoms with van der Waals surface area (Å²) in [6, 6.07) is 20.4. The van der Waals surface area contributed by atoms with Crippen LogP contribution < -0.4 is 10.6 Å². The lowest BCUT2D eigenvalue weighted by Gasteiger charge is -2.22. The van der Waals surface area contributed by atoms with Crippen molar-refractivity contribution >= 4 is 23.7 Å². The molecule has 0 bridgehead atoms. The van der Waals surface area contributed by atoms with E-state index in [2.05, 4.69) is 22.8 Å². The van der Waals surface area contributed by atoms with Crippen molar-refractivity contribution in [2.24, 2.45) is 5.92 Å². The maximum atomic E-state index is 12.7. The van der Waals surface area contributed by atoms with Crippen LogP contribution in [0.1, 0.15) is 46.8 Å². The zero-order valence-corrected chi connectivity index (χ0v) is 19.9. The normalized spacial score (nSPS) is 13.8. The third-order valence-corrected chi connectivity index (χ3v) is 6.52. The highest BCUT2D eigenvalue weighted by atomic mass is 16.5. The number of rotatable bonds is 7. The molecule has 2 atom stereocenters. The van der Waals surface area contributed by atoms with Crippen LogP contribution >= 0.6 is 0 Å². The Morgan fingerprint density at radius 2 is 1.54 bits per heavy atom. The first-order valence-electron chi connectivity index (χ1n) is 11.5. The fourth-order valence-electron chi connectivity index (χ4n) is 4.37. The third kappa shape index (κ3) is 5.04. The summed E-state index contributed by atoms with van der Waals surface area (Å²) in [7, 11) is 0. The largest absolute Gasteiger partial charge is 0.478 e. The molecule has 0 aromatic heterocycles. The molecule has 0 saturated carbocycles. The van der Waals surface area contributed by atoms with E-state index in [9.17, 15) is 19.5 Å². The van der Waals surface area contributed by atoms with E-state index in [4.69, 9.17) is 4.74 Å². The number of anilines is 1. The molecule has 0 aliphatic heterocycles. The lowest BCUT2D eigenvalue weighted by molar-refractivity contribution is -0.120. The second-order valence-corrected chi connectivity index (χ2v) is 8.89. The number of carboxylic acids is 1. The number of aryl methyl sites for hydroxylation is 1. The van der Waals surface area contributed by atoms with Gasteiger partial charge in [0.2, 0.25) is 5.91 Å². The molecule has 0 spiro atoms. The minimum absolute atomic E-state index is 0.0164. The Bertz CT molecular complexity index is 1240. The number of ether oxygens (including phenoxy) is 1. The SMILES string of the molecule is Cc1ccc(NC(=O)C(C)C(C)NC(=O)OCC2c3ccccc3-c3ccccc32)c(C(=O)O)c1. The van der Waals surface area contributed by atoms with Gasteiger partial charge < -0.3 is 20.5 Å². The van der Waals surface area contributed by atoms with Crippen LogP contribution in [0.3, 0.4) is 0 Å². The highest BCUT2D eigenvalue weighted by Crippen LogP contribution is 2.44. The van der Waals surface area contributed by atoms with Gasteiger partial charge in [-0.2, -0.15) is 0 Å². The Kier molecular flexibility index (Phi) is 6.87. The molecule has 2 unspecified atom stereocenters. The van der Waals surface area contributed by atoms with Gasteiger partial charge in [0.15, 0.2) is 0 Å². The van der Waals surface area contributed by atoms with Gasteiger partial charge >= 0.3 is 12.1 Å². The molecule has 0 fully saturated rings. The number of hydrogen-bond acceptors (Lipinski definition) is 4. The second kappa shape index (κ2) is 10.0. The van der Waals surface area contributed by atoms with Crippen molar-refractivity contribution < 1.29 is 24.2 Å². The Morgan fingerprint density at radius 1 is 0.943 bits per heavy atom. The molecule has 180 valence electrons. The molecule has 35 heavy (non-hydrogen) atoms. The third-order valence-electron chi connectivity index (χ3n) is 6.52. The zero-order chi connectivity index (χ0) is 25.1. The summed E-state index contributed by atoms with van der Waals surface area (Å²) in [6.07, 6.45) is -0.611. The van der Waals surface area contributed by atoms with E-state index in [0.29, 0.717) is 0 Å². The summed E-state index contributed by atoms with van der Waals surface area (Å²) < 4.78 is 5.56. The van der Waals surface area contributed by atoms with Gasteiger partial charge in [0.25, 0.3) is 0 Å². The lowest BCUT2D eigenvalue weighted by atomic mass is 9.98. The number of carbonyl (C=O) groups is 3. The maximum absolute atomic E-state index is 12.7. The van der Waals surface area contributed by atoms with Gasteiger partial charge in [-0.05, 0) is 48.2 Å². The van der Waals surface area contributed by atoms with Gasteiger partial charge in [0.05, 0.1) is 17.2 Å². The summed E-state index contributed by atoms with van der Waals surface area (Å²) in [4.78, 5) is 36.8. The average Bonchev–Trinajstić information content (AvgIpc) is 3.16. The number of amides is 2. The van der Waals surface area contributed by atoms with Crippen LogP contribution in [0, 0.1) is 12.8 Å². The first kappa shape index (κ1) is 24.0. The molecule has 0 radical (unpaired) electrons. The summed E-state index contributed by atoms with van der Waals surface area (Å²) in [5.74, 6) is -2.21. The van der Waals surface area contributed by atoms with E-state index in [-0.39, 0.29) is 23.8 Å². The van der Waals surface area contributed by atoms with E-state index < -0.39 is 29.9 Å². The summed E-state index contributed by atoms with van der Waals surface area (Å²) >= 11 is 0. The van der Waals surface area contributed by atoms with Crippen molar-refractivity contribution in [1.82, 2.24) is 5.32 Å². The number of aromatic carboxylic acids is 1. The maximum Gasteiger partial charge on any atom is 0.407 e. The number of alkyl carbamates (subject to hydrolysis) is 1. The van der Waals surface area contributed by atoms with E-state index in [1.807, 2.05) is 36.4 Å². The minimum Gasteiger partial charge on any atom is -0.478 e. The molecule has 0 heterocycles. The molecule has 3 aromatic rings. The molecule has 1 aliphatic carbocycles. The van der Waals surface area contributed by atoms with Crippen LogP contribution in [0.2, 0.25) is 0 Å².